The number of carboxylic acid groups (broad SMARTS) is 1. The van der Waals surface area contributed by atoms with Gasteiger partial charge in [0.25, 0.3) is 0 Å². The molecule has 0 fully saturated rings. The first kappa shape index (κ1) is 15.2. The van der Waals surface area contributed by atoms with Gasteiger partial charge in [-0.3, -0.25) is 4.79 Å². The number of nitrogens with zero attached hydrogens (tertiary/aromatic N) is 2. The summed E-state index contributed by atoms with van der Waals surface area (Å²) in [5, 5.41) is 10.2. The minimum atomic E-state index is -0.844. The van der Waals surface area contributed by atoms with Crippen LogP contribution in [-0.4, -0.2) is 26.4 Å². The fourth-order valence-corrected chi connectivity index (χ4v) is 2.95. The summed E-state index contributed by atoms with van der Waals surface area (Å²) in [5.74, 6) is -0.429. The van der Waals surface area contributed by atoms with E-state index in [1.165, 1.54) is 11.8 Å². The summed E-state index contributed by atoms with van der Waals surface area (Å²) in [7, 11) is 0. The number of aliphatic carboxylic acids is 1. The lowest BCUT2D eigenvalue weighted by atomic mass is 10.1. The Balaban J connectivity index is 2.54. The van der Waals surface area contributed by atoms with Gasteiger partial charge in [0.1, 0.15) is 0 Å². The van der Waals surface area contributed by atoms with E-state index in [1.807, 2.05) is 12.1 Å². The van der Waals surface area contributed by atoms with Crippen molar-refractivity contribution in [2.24, 2.45) is 5.92 Å². The highest BCUT2D eigenvalue weighted by molar-refractivity contribution is 7.99. The van der Waals surface area contributed by atoms with Gasteiger partial charge in [0.15, 0.2) is 5.16 Å². The number of halogens is 1. The van der Waals surface area contributed by atoms with Crippen molar-refractivity contribution >= 4 is 40.4 Å². The smallest absolute Gasteiger partial charge is 0.313 e. The Labute approximate surface area is 127 Å². The molecule has 0 aliphatic carbocycles. The van der Waals surface area contributed by atoms with E-state index in [9.17, 15) is 4.79 Å². The van der Waals surface area contributed by atoms with Crippen molar-refractivity contribution in [1.29, 1.82) is 0 Å². The minimum Gasteiger partial charge on any atom is -0.481 e. The Morgan fingerprint density at radius 3 is 2.75 bits per heavy atom. The van der Waals surface area contributed by atoms with E-state index < -0.39 is 5.97 Å². The number of thioether (sulfide) groups is 1. The van der Waals surface area contributed by atoms with Crippen LogP contribution in [0.25, 0.3) is 11.0 Å². The number of aromatic nitrogens is 2. The second-order valence-corrected chi connectivity index (χ2v) is 6.44. The zero-order valence-electron chi connectivity index (χ0n) is 11.6. The quantitative estimate of drug-likeness (QED) is 0.845. The van der Waals surface area contributed by atoms with Crippen LogP contribution >= 0.6 is 23.4 Å². The SMILES string of the molecule is CC(C)C(C)n1c(SCC(=O)O)nc2ccc(Cl)cc21. The van der Waals surface area contributed by atoms with Crippen molar-refractivity contribution in [3.63, 3.8) is 0 Å². The number of hydrogen-bond donors (Lipinski definition) is 1. The Hall–Kier alpha value is -1.20. The molecule has 0 bridgehead atoms. The molecule has 1 heterocycles. The fourth-order valence-electron chi connectivity index (χ4n) is 1.96. The molecule has 0 radical (unpaired) electrons. The van der Waals surface area contributed by atoms with E-state index >= 15 is 0 Å². The summed E-state index contributed by atoms with van der Waals surface area (Å²) in [6, 6.07) is 5.77. The second kappa shape index (κ2) is 6.06. The summed E-state index contributed by atoms with van der Waals surface area (Å²) >= 11 is 7.31. The van der Waals surface area contributed by atoms with Crippen LogP contribution in [0.2, 0.25) is 5.02 Å². The minimum absolute atomic E-state index is 0.00185. The molecular weight excluding hydrogens is 296 g/mol. The monoisotopic (exact) mass is 312 g/mol. The molecule has 4 nitrogen and oxygen atoms in total. The van der Waals surface area contributed by atoms with Crippen LogP contribution in [0.5, 0.6) is 0 Å². The highest BCUT2D eigenvalue weighted by Gasteiger charge is 2.19. The third kappa shape index (κ3) is 3.10. The van der Waals surface area contributed by atoms with Crippen LogP contribution in [0, 0.1) is 5.92 Å². The molecule has 108 valence electrons. The first-order chi connectivity index (χ1) is 9.40. The second-order valence-electron chi connectivity index (χ2n) is 5.06. The number of fused-ring (bicyclic) bond motifs is 1. The lowest BCUT2D eigenvalue weighted by molar-refractivity contribution is -0.133. The molecule has 0 amide bonds. The Morgan fingerprint density at radius 2 is 2.15 bits per heavy atom. The topological polar surface area (TPSA) is 55.1 Å². The van der Waals surface area contributed by atoms with Crippen LogP contribution < -0.4 is 0 Å². The Morgan fingerprint density at radius 1 is 1.45 bits per heavy atom. The van der Waals surface area contributed by atoms with Crippen LogP contribution in [0.1, 0.15) is 26.8 Å². The van der Waals surface area contributed by atoms with E-state index in [4.69, 9.17) is 16.7 Å². The predicted octanol–water partition coefficient (Wildman–Crippen LogP) is 4.08. The predicted molar refractivity (Wildman–Crippen MR) is 82.7 cm³/mol. The number of rotatable bonds is 5. The van der Waals surface area contributed by atoms with E-state index in [0.717, 1.165) is 16.2 Å². The molecule has 0 saturated heterocycles. The molecule has 2 rings (SSSR count). The molecule has 1 aromatic carbocycles. The molecule has 1 atom stereocenters. The molecule has 1 unspecified atom stereocenters. The van der Waals surface area contributed by atoms with Crippen LogP contribution in [0.15, 0.2) is 23.4 Å². The number of carboxylic acids is 1. The van der Waals surface area contributed by atoms with Gasteiger partial charge in [0.05, 0.1) is 16.8 Å². The summed E-state index contributed by atoms with van der Waals surface area (Å²) in [6.45, 7) is 6.37. The first-order valence-corrected chi connectivity index (χ1v) is 7.78. The molecule has 6 heteroatoms. The number of hydrogen-bond acceptors (Lipinski definition) is 3. The lowest BCUT2D eigenvalue weighted by Gasteiger charge is -2.20. The molecular formula is C14H17ClN2O2S. The van der Waals surface area contributed by atoms with E-state index in [-0.39, 0.29) is 11.8 Å². The van der Waals surface area contributed by atoms with Crippen molar-refractivity contribution in [2.75, 3.05) is 5.75 Å². The van der Waals surface area contributed by atoms with Crippen molar-refractivity contribution in [3.05, 3.63) is 23.2 Å². The number of imidazole rings is 1. The zero-order valence-corrected chi connectivity index (χ0v) is 13.2. The first-order valence-electron chi connectivity index (χ1n) is 6.42. The highest BCUT2D eigenvalue weighted by atomic mass is 35.5. The van der Waals surface area contributed by atoms with Gasteiger partial charge in [-0.2, -0.15) is 0 Å². The average Bonchev–Trinajstić information content (AvgIpc) is 2.72. The summed E-state index contributed by atoms with van der Waals surface area (Å²) in [5.41, 5.74) is 1.79. The third-order valence-corrected chi connectivity index (χ3v) is 4.49. The third-order valence-electron chi connectivity index (χ3n) is 3.32. The maximum absolute atomic E-state index is 10.8. The number of carbonyl (C=O) groups is 1. The number of benzene rings is 1. The average molecular weight is 313 g/mol. The van der Waals surface area contributed by atoms with Gasteiger partial charge in [-0.05, 0) is 31.0 Å². The van der Waals surface area contributed by atoms with Gasteiger partial charge in [-0.25, -0.2) is 4.98 Å². The largest absolute Gasteiger partial charge is 0.481 e. The van der Waals surface area contributed by atoms with Crippen LogP contribution in [0.4, 0.5) is 0 Å². The van der Waals surface area contributed by atoms with Gasteiger partial charge >= 0.3 is 5.97 Å². The van der Waals surface area contributed by atoms with Gasteiger partial charge in [0.2, 0.25) is 0 Å². The van der Waals surface area contributed by atoms with Gasteiger partial charge in [-0.15, -0.1) is 0 Å². The lowest BCUT2D eigenvalue weighted by Crippen LogP contribution is -2.13. The molecule has 1 N–H and O–H groups in total. The highest BCUT2D eigenvalue weighted by Crippen LogP contribution is 2.32. The molecule has 0 spiro atoms. The van der Waals surface area contributed by atoms with Crippen molar-refractivity contribution in [3.8, 4) is 0 Å². The molecule has 0 aliphatic heterocycles. The van der Waals surface area contributed by atoms with E-state index in [0.29, 0.717) is 10.9 Å². The standard InChI is InChI=1S/C14H17ClN2O2S/c1-8(2)9(3)17-12-6-10(15)4-5-11(12)16-14(17)20-7-13(18)19/h4-6,8-9H,7H2,1-3H3,(H,18,19). The van der Waals surface area contributed by atoms with E-state index in [1.54, 1.807) is 6.07 Å². The molecule has 2 aromatic rings. The summed E-state index contributed by atoms with van der Waals surface area (Å²) < 4.78 is 2.08. The van der Waals surface area contributed by atoms with Gasteiger partial charge in [-0.1, -0.05) is 37.2 Å². The molecule has 20 heavy (non-hydrogen) atoms. The molecule has 0 aliphatic rings. The van der Waals surface area contributed by atoms with Crippen LogP contribution in [0.3, 0.4) is 0 Å². The maximum Gasteiger partial charge on any atom is 0.313 e. The Kier molecular flexibility index (Phi) is 4.60. The van der Waals surface area contributed by atoms with Crippen LogP contribution in [-0.2, 0) is 4.79 Å². The van der Waals surface area contributed by atoms with Crippen molar-refractivity contribution in [2.45, 2.75) is 32.0 Å². The van der Waals surface area contributed by atoms with E-state index in [2.05, 4.69) is 30.3 Å². The van der Waals surface area contributed by atoms with Gasteiger partial charge < -0.3 is 9.67 Å². The summed E-state index contributed by atoms with van der Waals surface area (Å²) in [6.07, 6.45) is 0. The van der Waals surface area contributed by atoms with Crippen molar-refractivity contribution < 1.29 is 9.90 Å². The van der Waals surface area contributed by atoms with Gasteiger partial charge in [0, 0.05) is 11.1 Å². The zero-order chi connectivity index (χ0) is 14.9. The molecule has 0 saturated carbocycles. The van der Waals surface area contributed by atoms with Crippen molar-refractivity contribution in [1.82, 2.24) is 9.55 Å². The summed E-state index contributed by atoms with van der Waals surface area (Å²) in [4.78, 5) is 15.3. The molecule has 1 aromatic heterocycles. The normalized spacial score (nSPS) is 13.1. The Bertz CT molecular complexity index is 639. The maximum atomic E-state index is 10.8. The fraction of sp³-hybridized carbons (Fsp3) is 0.429.